The van der Waals surface area contributed by atoms with Gasteiger partial charge in [-0.15, -0.1) is 0 Å². The highest BCUT2D eigenvalue weighted by molar-refractivity contribution is 5.06. The van der Waals surface area contributed by atoms with Gasteiger partial charge in [-0.2, -0.15) is 5.26 Å². The molecule has 1 N–H and O–H groups in total. The number of hydrogen-bond acceptors (Lipinski definition) is 4. The van der Waals surface area contributed by atoms with Crippen molar-refractivity contribution in [3.8, 4) is 6.07 Å². The van der Waals surface area contributed by atoms with Crippen molar-refractivity contribution in [2.75, 3.05) is 33.4 Å². The van der Waals surface area contributed by atoms with Crippen LogP contribution in [-0.4, -0.2) is 49.8 Å². The first-order valence-corrected chi connectivity index (χ1v) is 7.60. The van der Waals surface area contributed by atoms with E-state index < -0.39 is 0 Å². The lowest BCUT2D eigenvalue weighted by molar-refractivity contribution is 0.140. The maximum atomic E-state index is 9.39. The van der Waals surface area contributed by atoms with Gasteiger partial charge < -0.3 is 4.74 Å². The van der Waals surface area contributed by atoms with Crippen LogP contribution in [0.5, 0.6) is 0 Å². The Kier molecular flexibility index (Phi) is 7.37. The van der Waals surface area contributed by atoms with Gasteiger partial charge in [0.25, 0.3) is 0 Å². The van der Waals surface area contributed by atoms with E-state index in [9.17, 15) is 5.26 Å². The van der Waals surface area contributed by atoms with Gasteiger partial charge in [-0.25, -0.2) is 0 Å². The third kappa shape index (κ3) is 5.48. The molecule has 0 aliphatic heterocycles. The van der Waals surface area contributed by atoms with Crippen LogP contribution in [0.2, 0.25) is 0 Å². The SMILES string of the molecule is CCNC(C#N)(CC)CCCN(CCOC)C1CC1. The molecule has 19 heavy (non-hydrogen) atoms. The second-order valence-electron chi connectivity index (χ2n) is 5.44. The van der Waals surface area contributed by atoms with Gasteiger partial charge in [0.2, 0.25) is 0 Å². The zero-order valence-electron chi connectivity index (χ0n) is 12.7. The molecule has 1 atom stereocenters. The summed E-state index contributed by atoms with van der Waals surface area (Å²) in [5, 5.41) is 12.7. The summed E-state index contributed by atoms with van der Waals surface area (Å²) in [6, 6.07) is 3.24. The summed E-state index contributed by atoms with van der Waals surface area (Å²) < 4.78 is 5.17. The first kappa shape index (κ1) is 16.4. The highest BCUT2D eigenvalue weighted by Crippen LogP contribution is 2.27. The van der Waals surface area contributed by atoms with Crippen LogP contribution in [0.25, 0.3) is 0 Å². The Balaban J connectivity index is 2.34. The third-order valence-electron chi connectivity index (χ3n) is 4.03. The van der Waals surface area contributed by atoms with E-state index in [1.54, 1.807) is 7.11 Å². The molecule has 1 fully saturated rings. The molecule has 4 heteroatoms. The summed E-state index contributed by atoms with van der Waals surface area (Å²) >= 11 is 0. The van der Waals surface area contributed by atoms with Gasteiger partial charge in [0.15, 0.2) is 0 Å². The van der Waals surface area contributed by atoms with Crippen LogP contribution in [0.3, 0.4) is 0 Å². The molecule has 110 valence electrons. The Morgan fingerprint density at radius 1 is 1.37 bits per heavy atom. The van der Waals surface area contributed by atoms with Crippen molar-refractivity contribution in [1.29, 1.82) is 5.26 Å². The third-order valence-corrected chi connectivity index (χ3v) is 4.03. The van der Waals surface area contributed by atoms with Crippen LogP contribution < -0.4 is 5.32 Å². The van der Waals surface area contributed by atoms with Crippen molar-refractivity contribution in [2.24, 2.45) is 0 Å². The minimum atomic E-state index is -0.328. The lowest BCUT2D eigenvalue weighted by Crippen LogP contribution is -2.44. The molecule has 1 aliphatic rings. The van der Waals surface area contributed by atoms with Gasteiger partial charge in [0, 0.05) is 19.7 Å². The minimum absolute atomic E-state index is 0.328. The Hall–Kier alpha value is -0.630. The summed E-state index contributed by atoms with van der Waals surface area (Å²) in [7, 11) is 1.76. The quantitative estimate of drug-likeness (QED) is 0.623. The van der Waals surface area contributed by atoms with E-state index in [-0.39, 0.29) is 5.54 Å². The second kappa shape index (κ2) is 8.52. The molecule has 0 aromatic rings. The second-order valence-corrected chi connectivity index (χ2v) is 5.44. The van der Waals surface area contributed by atoms with Crippen molar-refractivity contribution >= 4 is 0 Å². The van der Waals surface area contributed by atoms with Gasteiger partial charge in [-0.3, -0.25) is 10.2 Å². The van der Waals surface area contributed by atoms with Crippen molar-refractivity contribution in [3.05, 3.63) is 0 Å². The maximum Gasteiger partial charge on any atom is 0.106 e. The molecule has 0 aromatic carbocycles. The predicted octanol–water partition coefficient (Wildman–Crippen LogP) is 2.16. The van der Waals surface area contributed by atoms with E-state index in [1.807, 2.05) is 0 Å². The molecule has 1 aliphatic carbocycles. The standard InChI is InChI=1S/C15H29N3O/c1-4-15(13-16,17-5-2)9-6-10-18(11-12-19-3)14-7-8-14/h14,17H,4-12H2,1-3H3. The van der Waals surface area contributed by atoms with Crippen molar-refractivity contribution in [1.82, 2.24) is 10.2 Å². The van der Waals surface area contributed by atoms with Crippen molar-refractivity contribution in [2.45, 2.75) is 57.5 Å². The van der Waals surface area contributed by atoms with Crippen molar-refractivity contribution < 1.29 is 4.74 Å². The number of methoxy groups -OCH3 is 1. The largest absolute Gasteiger partial charge is 0.383 e. The molecule has 0 radical (unpaired) electrons. The molecular weight excluding hydrogens is 238 g/mol. The smallest absolute Gasteiger partial charge is 0.106 e. The number of hydrogen-bond donors (Lipinski definition) is 1. The summed E-state index contributed by atoms with van der Waals surface area (Å²) in [5.41, 5.74) is -0.328. The van der Waals surface area contributed by atoms with Crippen LogP contribution >= 0.6 is 0 Å². The first-order valence-electron chi connectivity index (χ1n) is 7.60. The first-order chi connectivity index (χ1) is 9.21. The lowest BCUT2D eigenvalue weighted by atomic mass is 9.92. The van der Waals surface area contributed by atoms with Gasteiger partial charge in [0.05, 0.1) is 12.7 Å². The van der Waals surface area contributed by atoms with Gasteiger partial charge >= 0.3 is 0 Å². The fraction of sp³-hybridized carbons (Fsp3) is 0.933. The van der Waals surface area contributed by atoms with E-state index in [1.165, 1.54) is 12.8 Å². The van der Waals surface area contributed by atoms with Gasteiger partial charge in [0.1, 0.15) is 5.54 Å². The molecule has 0 heterocycles. The highest BCUT2D eigenvalue weighted by Gasteiger charge is 2.30. The van der Waals surface area contributed by atoms with Crippen LogP contribution in [-0.2, 0) is 4.74 Å². The van der Waals surface area contributed by atoms with E-state index in [0.717, 1.165) is 51.5 Å². The van der Waals surface area contributed by atoms with Crippen LogP contribution in [0, 0.1) is 11.3 Å². The molecular formula is C15H29N3O. The fourth-order valence-electron chi connectivity index (χ4n) is 2.61. The molecule has 1 rings (SSSR count). The summed E-state index contributed by atoms with van der Waals surface area (Å²) in [4.78, 5) is 2.52. The normalized spacial score (nSPS) is 18.3. The Morgan fingerprint density at radius 2 is 2.11 bits per heavy atom. The zero-order chi connectivity index (χ0) is 14.1. The van der Waals surface area contributed by atoms with Gasteiger partial charge in [-0.1, -0.05) is 13.8 Å². The molecule has 0 spiro atoms. The summed E-state index contributed by atoms with van der Waals surface area (Å²) in [5.74, 6) is 0. The number of ether oxygens (including phenoxy) is 1. The Morgan fingerprint density at radius 3 is 2.58 bits per heavy atom. The van der Waals surface area contributed by atoms with E-state index >= 15 is 0 Å². The zero-order valence-corrected chi connectivity index (χ0v) is 12.7. The summed E-state index contributed by atoms with van der Waals surface area (Å²) in [6.07, 6.45) is 5.54. The highest BCUT2D eigenvalue weighted by atomic mass is 16.5. The average molecular weight is 267 g/mol. The number of nitrogens with zero attached hydrogens (tertiary/aromatic N) is 2. The van der Waals surface area contributed by atoms with E-state index in [4.69, 9.17) is 4.74 Å². The number of nitrogens with one attached hydrogen (secondary N) is 1. The number of rotatable bonds is 11. The van der Waals surface area contributed by atoms with Crippen LogP contribution in [0.15, 0.2) is 0 Å². The van der Waals surface area contributed by atoms with E-state index in [2.05, 4.69) is 30.1 Å². The molecule has 0 aromatic heterocycles. The molecule has 4 nitrogen and oxygen atoms in total. The Bertz CT molecular complexity index is 286. The summed E-state index contributed by atoms with van der Waals surface area (Å²) in [6.45, 7) is 7.93. The van der Waals surface area contributed by atoms with E-state index in [0.29, 0.717) is 0 Å². The van der Waals surface area contributed by atoms with Crippen LogP contribution in [0.4, 0.5) is 0 Å². The van der Waals surface area contributed by atoms with Crippen LogP contribution in [0.1, 0.15) is 46.0 Å². The molecule has 1 unspecified atom stereocenters. The number of nitriles is 1. The average Bonchev–Trinajstić information content (AvgIpc) is 3.26. The molecule has 0 bridgehead atoms. The van der Waals surface area contributed by atoms with Crippen molar-refractivity contribution in [3.63, 3.8) is 0 Å². The monoisotopic (exact) mass is 267 g/mol. The Labute approximate surface area is 118 Å². The lowest BCUT2D eigenvalue weighted by Gasteiger charge is -2.28. The topological polar surface area (TPSA) is 48.3 Å². The maximum absolute atomic E-state index is 9.39. The molecule has 1 saturated carbocycles. The predicted molar refractivity (Wildman–Crippen MR) is 78.0 cm³/mol. The minimum Gasteiger partial charge on any atom is -0.383 e. The molecule has 0 amide bonds. The molecule has 0 saturated heterocycles. The van der Waals surface area contributed by atoms with Gasteiger partial charge in [-0.05, 0) is 45.2 Å². The fourth-order valence-corrected chi connectivity index (χ4v) is 2.61.